The molecular weight excluding hydrogens is 465 g/mol. The van der Waals surface area contributed by atoms with E-state index in [0.717, 1.165) is 31.4 Å². The van der Waals surface area contributed by atoms with Crippen LogP contribution >= 0.6 is 11.6 Å². The van der Waals surface area contributed by atoms with Crippen LogP contribution < -0.4 is 15.4 Å². The number of rotatable bonds is 5. The van der Waals surface area contributed by atoms with E-state index in [4.69, 9.17) is 11.6 Å². The maximum atomic E-state index is 13.6. The molecule has 1 aromatic carbocycles. The lowest BCUT2D eigenvalue weighted by atomic mass is 9.84. The molecule has 0 saturated heterocycles. The number of anilines is 2. The van der Waals surface area contributed by atoms with E-state index in [1.807, 2.05) is 19.2 Å². The zero-order valence-corrected chi connectivity index (χ0v) is 20.8. The molecule has 0 bridgehead atoms. The molecule has 3 aromatic rings. The van der Waals surface area contributed by atoms with Crippen LogP contribution in [0.3, 0.4) is 0 Å². The first kappa shape index (κ1) is 23.6. The Kier molecular flexibility index (Phi) is 6.41. The van der Waals surface area contributed by atoms with Crippen molar-refractivity contribution in [2.45, 2.75) is 63.1 Å². The number of aryl methyl sites for hydroxylation is 1. The van der Waals surface area contributed by atoms with Crippen molar-refractivity contribution in [2.75, 3.05) is 16.8 Å². The minimum Gasteiger partial charge on any atom is -0.369 e. The maximum absolute atomic E-state index is 13.6. The molecule has 0 spiro atoms. The Morgan fingerprint density at radius 3 is 2.26 bits per heavy atom. The maximum Gasteiger partial charge on any atom is 0.270 e. The quantitative estimate of drug-likeness (QED) is 0.445. The first-order chi connectivity index (χ1) is 16.9. The van der Waals surface area contributed by atoms with E-state index in [9.17, 15) is 14.4 Å². The van der Waals surface area contributed by atoms with Crippen LogP contribution in [0.15, 0.2) is 41.2 Å². The van der Waals surface area contributed by atoms with Gasteiger partial charge in [0.25, 0.3) is 5.56 Å². The Morgan fingerprint density at radius 1 is 1.03 bits per heavy atom. The molecular formula is C27H29ClFN5O. The number of aromatic nitrogens is 2. The molecule has 2 saturated carbocycles. The monoisotopic (exact) mass is 493 g/mol. The highest BCUT2D eigenvalue weighted by molar-refractivity contribution is 6.29. The van der Waals surface area contributed by atoms with Gasteiger partial charge in [-0.3, -0.25) is 4.79 Å². The fourth-order valence-electron chi connectivity index (χ4n) is 5.72. The second kappa shape index (κ2) is 9.50. The van der Waals surface area contributed by atoms with Crippen molar-refractivity contribution in [2.24, 2.45) is 7.05 Å². The molecule has 2 aliphatic rings. The molecule has 5 rings (SSSR count). The van der Waals surface area contributed by atoms with Gasteiger partial charge in [0.15, 0.2) is 0 Å². The van der Waals surface area contributed by atoms with E-state index >= 15 is 0 Å². The zero-order chi connectivity index (χ0) is 24.7. The minimum absolute atomic E-state index is 0.0989. The van der Waals surface area contributed by atoms with Crippen LogP contribution in [0.4, 0.5) is 15.8 Å². The molecule has 35 heavy (non-hydrogen) atoms. The Balaban J connectivity index is 1.42. The summed E-state index contributed by atoms with van der Waals surface area (Å²) in [6.45, 7) is 0. The van der Waals surface area contributed by atoms with Crippen LogP contribution in [0.5, 0.6) is 0 Å². The Labute approximate surface area is 209 Å². The molecule has 0 N–H and O–H groups in total. The van der Waals surface area contributed by atoms with Gasteiger partial charge in [0.1, 0.15) is 28.1 Å². The average Bonchev–Trinajstić information content (AvgIpc) is 2.83. The number of hydrogen-bond donors (Lipinski definition) is 0. The molecule has 0 atom stereocenters. The average molecular weight is 494 g/mol. The van der Waals surface area contributed by atoms with Crippen LogP contribution in [0.1, 0.15) is 50.5 Å². The van der Waals surface area contributed by atoms with Crippen molar-refractivity contribution in [1.82, 2.24) is 9.55 Å². The SMILES string of the molecule is Cn1c(=O)c(C#N)c(N(C)[C@H]2CC[C@@H](N(c3ccc(F)cc3)C3CCC3)CC2)c2nc(Cl)ccc21. The molecule has 2 fully saturated rings. The summed E-state index contributed by atoms with van der Waals surface area (Å²) in [7, 11) is 3.60. The van der Waals surface area contributed by atoms with Crippen molar-refractivity contribution in [1.29, 1.82) is 5.26 Å². The van der Waals surface area contributed by atoms with Gasteiger partial charge in [0.05, 0.1) is 11.2 Å². The first-order valence-corrected chi connectivity index (χ1v) is 12.6. The normalized spacial score (nSPS) is 20.3. The van der Waals surface area contributed by atoms with Gasteiger partial charge >= 0.3 is 0 Å². The van der Waals surface area contributed by atoms with E-state index in [2.05, 4.69) is 20.9 Å². The van der Waals surface area contributed by atoms with Crippen LogP contribution in [0.2, 0.25) is 5.15 Å². The second-order valence-electron chi connectivity index (χ2n) is 9.74. The number of nitrogens with zero attached hydrogens (tertiary/aromatic N) is 5. The molecule has 2 aliphatic carbocycles. The van der Waals surface area contributed by atoms with Gasteiger partial charge in [0.2, 0.25) is 0 Å². The summed E-state index contributed by atoms with van der Waals surface area (Å²) in [5, 5.41) is 10.2. The minimum atomic E-state index is -0.327. The predicted molar refractivity (Wildman–Crippen MR) is 138 cm³/mol. The van der Waals surface area contributed by atoms with Crippen LogP contribution in [0.25, 0.3) is 11.0 Å². The third-order valence-corrected chi connectivity index (χ3v) is 8.06. The third kappa shape index (κ3) is 4.25. The Morgan fingerprint density at radius 2 is 1.66 bits per heavy atom. The van der Waals surface area contributed by atoms with Crippen molar-refractivity contribution in [3.63, 3.8) is 0 Å². The van der Waals surface area contributed by atoms with Gasteiger partial charge in [-0.05, 0) is 81.3 Å². The van der Waals surface area contributed by atoms with E-state index in [1.54, 1.807) is 31.3 Å². The number of fused-ring (bicyclic) bond motifs is 1. The smallest absolute Gasteiger partial charge is 0.270 e. The summed E-state index contributed by atoms with van der Waals surface area (Å²) >= 11 is 6.21. The lowest BCUT2D eigenvalue weighted by Crippen LogP contribution is -2.50. The number of halogens is 2. The second-order valence-corrected chi connectivity index (χ2v) is 10.1. The fraction of sp³-hybridized carbons (Fsp3) is 0.444. The molecule has 0 aliphatic heterocycles. The van der Waals surface area contributed by atoms with Crippen LogP contribution in [-0.2, 0) is 7.05 Å². The summed E-state index contributed by atoms with van der Waals surface area (Å²) in [4.78, 5) is 22.0. The molecule has 8 heteroatoms. The molecule has 0 amide bonds. The number of benzene rings is 1. The number of pyridine rings is 2. The molecule has 0 radical (unpaired) electrons. The Bertz CT molecular complexity index is 1340. The van der Waals surface area contributed by atoms with Gasteiger partial charge < -0.3 is 14.4 Å². The van der Waals surface area contributed by atoms with Gasteiger partial charge in [-0.2, -0.15) is 5.26 Å². The molecule has 182 valence electrons. The van der Waals surface area contributed by atoms with E-state index < -0.39 is 0 Å². The third-order valence-electron chi connectivity index (χ3n) is 7.85. The predicted octanol–water partition coefficient (Wildman–Crippen LogP) is 5.40. The highest BCUT2D eigenvalue weighted by atomic mass is 35.5. The summed E-state index contributed by atoms with van der Waals surface area (Å²) in [6, 6.07) is 13.5. The topological polar surface area (TPSA) is 65.2 Å². The van der Waals surface area contributed by atoms with Crippen molar-refractivity contribution in [3.8, 4) is 6.07 Å². The lowest BCUT2D eigenvalue weighted by Gasteiger charge is -2.47. The van der Waals surface area contributed by atoms with E-state index in [-0.39, 0.29) is 23.0 Å². The van der Waals surface area contributed by atoms with Crippen molar-refractivity contribution in [3.05, 3.63) is 63.3 Å². The Hall–Kier alpha value is -3.11. The highest BCUT2D eigenvalue weighted by Gasteiger charge is 2.35. The van der Waals surface area contributed by atoms with E-state index in [0.29, 0.717) is 34.0 Å². The number of nitriles is 1. The highest BCUT2D eigenvalue weighted by Crippen LogP contribution is 2.38. The summed E-state index contributed by atoms with van der Waals surface area (Å²) < 4.78 is 15.0. The van der Waals surface area contributed by atoms with Crippen LogP contribution in [-0.4, -0.2) is 34.7 Å². The van der Waals surface area contributed by atoms with Crippen molar-refractivity contribution >= 4 is 34.0 Å². The number of hydrogen-bond acceptors (Lipinski definition) is 5. The standard InChI is InChI=1S/C27H29ClFN5O/c1-32(26-22(16-30)27(35)33(2)23-14-15-24(28)31-25(23)26)18-10-12-21(13-11-18)34(19-4-3-5-19)20-8-6-17(29)7-9-20/h6-9,14-15,18-19,21H,3-5,10-13H2,1-2H3/t18-,21+. The van der Waals surface area contributed by atoms with Gasteiger partial charge in [-0.15, -0.1) is 0 Å². The zero-order valence-electron chi connectivity index (χ0n) is 20.0. The molecule has 6 nitrogen and oxygen atoms in total. The lowest BCUT2D eigenvalue weighted by molar-refractivity contribution is 0.301. The summed E-state index contributed by atoms with van der Waals surface area (Å²) in [6.07, 6.45) is 7.41. The first-order valence-electron chi connectivity index (χ1n) is 12.2. The van der Waals surface area contributed by atoms with Gasteiger partial charge in [-0.1, -0.05) is 11.6 Å². The van der Waals surface area contributed by atoms with Gasteiger partial charge in [0, 0.05) is 37.9 Å². The van der Waals surface area contributed by atoms with Gasteiger partial charge in [-0.25, -0.2) is 9.37 Å². The summed E-state index contributed by atoms with van der Waals surface area (Å²) in [5.74, 6) is -0.212. The summed E-state index contributed by atoms with van der Waals surface area (Å²) in [5.41, 5.74) is 2.65. The van der Waals surface area contributed by atoms with Crippen molar-refractivity contribution < 1.29 is 4.39 Å². The molecule has 0 unspecified atom stereocenters. The fourth-order valence-corrected chi connectivity index (χ4v) is 5.87. The molecule has 2 aromatic heterocycles. The molecule has 2 heterocycles. The largest absolute Gasteiger partial charge is 0.369 e. The van der Waals surface area contributed by atoms with Crippen LogP contribution in [0, 0.1) is 17.1 Å². The van der Waals surface area contributed by atoms with E-state index in [1.165, 1.54) is 23.8 Å².